The van der Waals surface area contributed by atoms with E-state index in [1.807, 2.05) is 29.2 Å². The lowest BCUT2D eigenvalue weighted by atomic mass is 10.00. The molecule has 3 rings (SSSR count). The monoisotopic (exact) mass is 309 g/mol. The summed E-state index contributed by atoms with van der Waals surface area (Å²) in [6.07, 6.45) is 5.72. The summed E-state index contributed by atoms with van der Waals surface area (Å²) in [4.78, 5) is 18.8. The molecule has 0 spiro atoms. The smallest absolute Gasteiger partial charge is 0.255 e. The Bertz CT molecular complexity index is 657. The molecule has 120 valence electrons. The predicted molar refractivity (Wildman–Crippen MR) is 92.3 cm³/mol. The lowest BCUT2D eigenvalue weighted by molar-refractivity contribution is 0.0682. The Hall–Kier alpha value is -2.36. The van der Waals surface area contributed by atoms with E-state index in [1.165, 1.54) is 12.0 Å². The predicted octanol–water partition coefficient (Wildman–Crippen LogP) is 3.57. The standard InChI is InChI=1S/C19H23N3O/c1-15-6-5-9-22(14-15)19(23)17-10-18(13-20-12-17)21-11-16-7-3-2-4-8-16/h2-4,7-8,10,12-13,15,21H,5-6,9,11,14H2,1H3. The van der Waals surface area contributed by atoms with Gasteiger partial charge >= 0.3 is 0 Å². The summed E-state index contributed by atoms with van der Waals surface area (Å²) in [6, 6.07) is 12.1. The van der Waals surface area contributed by atoms with Crippen molar-refractivity contribution in [1.29, 1.82) is 0 Å². The third kappa shape index (κ3) is 4.09. The van der Waals surface area contributed by atoms with Crippen LogP contribution in [0.15, 0.2) is 48.8 Å². The van der Waals surface area contributed by atoms with Crippen LogP contribution in [0.1, 0.15) is 35.7 Å². The maximum atomic E-state index is 12.6. The molecule has 2 aromatic rings. The molecular formula is C19H23N3O. The van der Waals surface area contributed by atoms with Crippen LogP contribution in [0.5, 0.6) is 0 Å². The van der Waals surface area contributed by atoms with E-state index in [2.05, 4.69) is 29.4 Å². The first kappa shape index (κ1) is 15.5. The lowest BCUT2D eigenvalue weighted by Crippen LogP contribution is -2.39. The SMILES string of the molecule is CC1CCCN(C(=O)c2cncc(NCc3ccccc3)c2)C1. The van der Waals surface area contributed by atoms with E-state index in [1.54, 1.807) is 12.4 Å². The van der Waals surface area contributed by atoms with Gasteiger partial charge < -0.3 is 10.2 Å². The van der Waals surface area contributed by atoms with Gasteiger partial charge in [-0.15, -0.1) is 0 Å². The van der Waals surface area contributed by atoms with E-state index in [4.69, 9.17) is 0 Å². The van der Waals surface area contributed by atoms with Crippen molar-refractivity contribution in [2.24, 2.45) is 5.92 Å². The number of hydrogen-bond acceptors (Lipinski definition) is 3. The molecule has 23 heavy (non-hydrogen) atoms. The third-order valence-corrected chi connectivity index (χ3v) is 4.27. The molecule has 0 aliphatic carbocycles. The van der Waals surface area contributed by atoms with Crippen molar-refractivity contribution in [3.8, 4) is 0 Å². The summed E-state index contributed by atoms with van der Waals surface area (Å²) in [5, 5.41) is 3.33. The number of benzene rings is 1. The largest absolute Gasteiger partial charge is 0.380 e. The van der Waals surface area contributed by atoms with Crippen molar-refractivity contribution < 1.29 is 4.79 Å². The highest BCUT2D eigenvalue weighted by molar-refractivity contribution is 5.94. The highest BCUT2D eigenvalue weighted by atomic mass is 16.2. The summed E-state index contributed by atoms with van der Waals surface area (Å²) in [5.41, 5.74) is 2.75. The van der Waals surface area contributed by atoms with Crippen molar-refractivity contribution in [3.05, 3.63) is 59.9 Å². The normalized spacial score (nSPS) is 17.8. The molecule has 1 aromatic carbocycles. The Balaban J connectivity index is 1.66. The van der Waals surface area contributed by atoms with Crippen LogP contribution in [0.25, 0.3) is 0 Å². The fourth-order valence-corrected chi connectivity index (χ4v) is 3.01. The third-order valence-electron chi connectivity index (χ3n) is 4.27. The number of hydrogen-bond donors (Lipinski definition) is 1. The van der Waals surface area contributed by atoms with Crippen molar-refractivity contribution in [2.45, 2.75) is 26.3 Å². The number of anilines is 1. The number of carbonyl (C=O) groups excluding carboxylic acids is 1. The molecule has 4 heteroatoms. The summed E-state index contributed by atoms with van der Waals surface area (Å²) >= 11 is 0. The van der Waals surface area contributed by atoms with Crippen LogP contribution in [0.2, 0.25) is 0 Å². The number of rotatable bonds is 4. The van der Waals surface area contributed by atoms with E-state index in [-0.39, 0.29) is 5.91 Å². The van der Waals surface area contributed by atoms with Crippen LogP contribution in [0.3, 0.4) is 0 Å². The molecule has 1 fully saturated rings. The second-order valence-electron chi connectivity index (χ2n) is 6.30. The number of likely N-dealkylation sites (tertiary alicyclic amines) is 1. The summed E-state index contributed by atoms with van der Waals surface area (Å²) in [7, 11) is 0. The molecule has 1 aliphatic heterocycles. The molecule has 0 bridgehead atoms. The number of aromatic nitrogens is 1. The van der Waals surface area contributed by atoms with E-state index in [9.17, 15) is 4.79 Å². The number of pyridine rings is 1. The number of carbonyl (C=O) groups is 1. The topological polar surface area (TPSA) is 45.2 Å². The van der Waals surface area contributed by atoms with Crippen LogP contribution in [-0.2, 0) is 6.54 Å². The first-order valence-electron chi connectivity index (χ1n) is 8.24. The molecule has 1 aliphatic rings. The van der Waals surface area contributed by atoms with Crippen LogP contribution in [0.4, 0.5) is 5.69 Å². The average Bonchev–Trinajstić information content (AvgIpc) is 2.60. The lowest BCUT2D eigenvalue weighted by Gasteiger charge is -2.31. The van der Waals surface area contributed by atoms with Crippen LogP contribution in [-0.4, -0.2) is 28.9 Å². The molecule has 1 aromatic heterocycles. The minimum atomic E-state index is 0.0902. The maximum absolute atomic E-state index is 12.6. The van der Waals surface area contributed by atoms with Crippen molar-refractivity contribution in [2.75, 3.05) is 18.4 Å². The molecule has 4 nitrogen and oxygen atoms in total. The van der Waals surface area contributed by atoms with Crippen molar-refractivity contribution >= 4 is 11.6 Å². The average molecular weight is 309 g/mol. The number of amides is 1. The molecule has 1 atom stereocenters. The Labute approximate surface area is 137 Å². The zero-order valence-corrected chi connectivity index (χ0v) is 13.5. The molecule has 2 heterocycles. The van der Waals surface area contributed by atoms with E-state index >= 15 is 0 Å². The Morgan fingerprint density at radius 3 is 2.91 bits per heavy atom. The second kappa shape index (κ2) is 7.27. The second-order valence-corrected chi connectivity index (χ2v) is 6.30. The van der Waals surface area contributed by atoms with Gasteiger partial charge in [0.05, 0.1) is 11.3 Å². The number of nitrogens with zero attached hydrogens (tertiary/aromatic N) is 2. The van der Waals surface area contributed by atoms with Crippen LogP contribution >= 0.6 is 0 Å². The molecule has 0 saturated carbocycles. The van der Waals surface area contributed by atoms with Gasteiger partial charge in [-0.1, -0.05) is 37.3 Å². The van der Waals surface area contributed by atoms with Crippen molar-refractivity contribution in [1.82, 2.24) is 9.88 Å². The van der Waals surface area contributed by atoms with Crippen molar-refractivity contribution in [3.63, 3.8) is 0 Å². The van der Waals surface area contributed by atoms with E-state index in [0.717, 1.165) is 31.7 Å². The Kier molecular flexibility index (Phi) is 4.91. The fraction of sp³-hybridized carbons (Fsp3) is 0.368. The van der Waals surface area contributed by atoms with Gasteiger partial charge in [0.2, 0.25) is 0 Å². The zero-order valence-electron chi connectivity index (χ0n) is 13.5. The van der Waals surface area contributed by atoms with Gasteiger partial charge in [-0.2, -0.15) is 0 Å². The van der Waals surface area contributed by atoms with Gasteiger partial charge in [0, 0.05) is 32.0 Å². The van der Waals surface area contributed by atoms with Gasteiger partial charge in [0.25, 0.3) is 5.91 Å². The quantitative estimate of drug-likeness (QED) is 0.939. The molecule has 0 radical (unpaired) electrons. The van der Waals surface area contributed by atoms with Crippen LogP contribution in [0, 0.1) is 5.92 Å². The minimum Gasteiger partial charge on any atom is -0.380 e. The van der Waals surface area contributed by atoms with E-state index in [0.29, 0.717) is 11.5 Å². The molecule has 1 saturated heterocycles. The Morgan fingerprint density at radius 1 is 1.30 bits per heavy atom. The number of nitrogens with one attached hydrogen (secondary N) is 1. The molecule has 1 unspecified atom stereocenters. The highest BCUT2D eigenvalue weighted by Gasteiger charge is 2.22. The first-order valence-corrected chi connectivity index (χ1v) is 8.24. The van der Waals surface area contributed by atoms with Crippen LogP contribution < -0.4 is 5.32 Å². The first-order chi connectivity index (χ1) is 11.2. The summed E-state index contributed by atoms with van der Waals surface area (Å²) < 4.78 is 0. The summed E-state index contributed by atoms with van der Waals surface area (Å²) in [5.74, 6) is 0.674. The summed E-state index contributed by atoms with van der Waals surface area (Å²) in [6.45, 7) is 4.63. The zero-order chi connectivity index (χ0) is 16.1. The minimum absolute atomic E-state index is 0.0902. The van der Waals surface area contributed by atoms with Gasteiger partial charge in [0.15, 0.2) is 0 Å². The number of piperidine rings is 1. The van der Waals surface area contributed by atoms with Gasteiger partial charge in [0.1, 0.15) is 0 Å². The van der Waals surface area contributed by atoms with Gasteiger partial charge in [-0.05, 0) is 30.4 Å². The maximum Gasteiger partial charge on any atom is 0.255 e. The van der Waals surface area contributed by atoms with Gasteiger partial charge in [-0.25, -0.2) is 0 Å². The molecule has 1 N–H and O–H groups in total. The van der Waals surface area contributed by atoms with E-state index < -0.39 is 0 Å². The molecular weight excluding hydrogens is 286 g/mol. The highest BCUT2D eigenvalue weighted by Crippen LogP contribution is 2.19. The fourth-order valence-electron chi connectivity index (χ4n) is 3.01. The van der Waals surface area contributed by atoms with Gasteiger partial charge in [-0.3, -0.25) is 9.78 Å². The molecule has 1 amide bonds. The Morgan fingerprint density at radius 2 is 2.13 bits per heavy atom.